The Bertz CT molecular complexity index is 558. The summed E-state index contributed by atoms with van der Waals surface area (Å²) in [7, 11) is 1.51. The highest BCUT2D eigenvalue weighted by Crippen LogP contribution is 2.26. The maximum Gasteiger partial charge on any atom is 0.228 e. The van der Waals surface area contributed by atoms with Gasteiger partial charge in [0.05, 0.1) is 18.4 Å². The molecule has 0 fully saturated rings. The second-order valence-corrected chi connectivity index (χ2v) is 4.02. The number of hydrogen-bond acceptors (Lipinski definition) is 3. The normalized spacial score (nSPS) is 10.3. The lowest BCUT2D eigenvalue weighted by molar-refractivity contribution is 0.101. The van der Waals surface area contributed by atoms with Crippen molar-refractivity contribution in [1.29, 1.82) is 0 Å². The van der Waals surface area contributed by atoms with Gasteiger partial charge in [-0.2, -0.15) is 0 Å². The summed E-state index contributed by atoms with van der Waals surface area (Å²) in [6.45, 7) is 1.82. The Labute approximate surface area is 104 Å². The van der Waals surface area contributed by atoms with Crippen molar-refractivity contribution >= 4 is 17.4 Å². The second-order valence-electron chi connectivity index (χ2n) is 3.61. The molecule has 0 saturated carbocycles. The SMILES string of the molecule is COc1cc(C(=O)c2occc2C)ccc1Cl. The van der Waals surface area contributed by atoms with Crippen LogP contribution in [0.4, 0.5) is 0 Å². The van der Waals surface area contributed by atoms with Gasteiger partial charge >= 0.3 is 0 Å². The highest BCUT2D eigenvalue weighted by molar-refractivity contribution is 6.32. The molecular formula is C13H11ClO3. The van der Waals surface area contributed by atoms with E-state index in [4.69, 9.17) is 20.8 Å². The summed E-state index contributed by atoms with van der Waals surface area (Å²) in [4.78, 5) is 12.1. The van der Waals surface area contributed by atoms with E-state index in [1.807, 2.05) is 6.92 Å². The highest BCUT2D eigenvalue weighted by Gasteiger charge is 2.16. The number of rotatable bonds is 3. The summed E-state index contributed by atoms with van der Waals surface area (Å²) in [6, 6.07) is 6.63. The van der Waals surface area contributed by atoms with Crippen molar-refractivity contribution in [3.63, 3.8) is 0 Å². The summed E-state index contributed by atoms with van der Waals surface area (Å²) in [6.07, 6.45) is 1.50. The van der Waals surface area contributed by atoms with Gasteiger partial charge in [-0.05, 0) is 36.8 Å². The Morgan fingerprint density at radius 2 is 2.12 bits per heavy atom. The van der Waals surface area contributed by atoms with Gasteiger partial charge in [-0.25, -0.2) is 0 Å². The highest BCUT2D eigenvalue weighted by atomic mass is 35.5. The molecule has 0 aliphatic heterocycles. The van der Waals surface area contributed by atoms with Gasteiger partial charge in [0, 0.05) is 5.56 Å². The number of ether oxygens (including phenoxy) is 1. The van der Waals surface area contributed by atoms with E-state index in [2.05, 4.69) is 0 Å². The third-order valence-corrected chi connectivity index (χ3v) is 2.79. The monoisotopic (exact) mass is 250 g/mol. The molecular weight excluding hydrogens is 240 g/mol. The standard InChI is InChI=1S/C13H11ClO3/c1-8-5-6-17-13(8)12(15)9-3-4-10(14)11(7-9)16-2/h3-7H,1-2H3. The van der Waals surface area contributed by atoms with E-state index in [9.17, 15) is 4.79 Å². The molecule has 0 atom stereocenters. The largest absolute Gasteiger partial charge is 0.495 e. The first-order valence-corrected chi connectivity index (χ1v) is 5.43. The molecule has 0 amide bonds. The molecule has 0 spiro atoms. The van der Waals surface area contributed by atoms with Gasteiger partial charge in [0.15, 0.2) is 5.76 Å². The number of carbonyl (C=O) groups is 1. The maximum absolute atomic E-state index is 12.1. The van der Waals surface area contributed by atoms with Crippen LogP contribution in [0.2, 0.25) is 5.02 Å². The van der Waals surface area contributed by atoms with Gasteiger partial charge < -0.3 is 9.15 Å². The van der Waals surface area contributed by atoms with Crippen molar-refractivity contribution in [1.82, 2.24) is 0 Å². The van der Waals surface area contributed by atoms with E-state index in [1.54, 1.807) is 24.3 Å². The molecule has 88 valence electrons. The lowest BCUT2D eigenvalue weighted by atomic mass is 10.1. The number of hydrogen-bond donors (Lipinski definition) is 0. The summed E-state index contributed by atoms with van der Waals surface area (Å²) < 4.78 is 10.2. The van der Waals surface area contributed by atoms with Gasteiger partial charge in [0.25, 0.3) is 0 Å². The van der Waals surface area contributed by atoms with Crippen LogP contribution in [0.5, 0.6) is 5.75 Å². The first-order chi connectivity index (χ1) is 8.13. The van der Waals surface area contributed by atoms with E-state index in [0.29, 0.717) is 22.1 Å². The van der Waals surface area contributed by atoms with E-state index in [-0.39, 0.29) is 5.78 Å². The minimum atomic E-state index is -0.178. The summed E-state index contributed by atoms with van der Waals surface area (Å²) >= 11 is 5.90. The quantitative estimate of drug-likeness (QED) is 0.783. The zero-order valence-electron chi connectivity index (χ0n) is 9.49. The maximum atomic E-state index is 12.1. The van der Waals surface area contributed by atoms with Crippen LogP contribution < -0.4 is 4.74 Å². The lowest BCUT2D eigenvalue weighted by Gasteiger charge is -2.05. The second kappa shape index (κ2) is 4.63. The summed E-state index contributed by atoms with van der Waals surface area (Å²) in [5.41, 5.74) is 1.30. The van der Waals surface area contributed by atoms with Crippen molar-refractivity contribution < 1.29 is 13.9 Å². The van der Waals surface area contributed by atoms with E-state index < -0.39 is 0 Å². The number of furan rings is 1. The molecule has 3 nitrogen and oxygen atoms in total. The van der Waals surface area contributed by atoms with Crippen LogP contribution in [0.25, 0.3) is 0 Å². The Morgan fingerprint density at radius 1 is 1.35 bits per heavy atom. The molecule has 1 aromatic heterocycles. The van der Waals surface area contributed by atoms with Crippen LogP contribution in [0.3, 0.4) is 0 Å². The van der Waals surface area contributed by atoms with Crippen LogP contribution >= 0.6 is 11.6 Å². The molecule has 0 radical (unpaired) electrons. The average molecular weight is 251 g/mol. The molecule has 0 unspecified atom stereocenters. The van der Waals surface area contributed by atoms with Crippen molar-refractivity contribution in [2.45, 2.75) is 6.92 Å². The molecule has 4 heteroatoms. The topological polar surface area (TPSA) is 39.4 Å². The average Bonchev–Trinajstić information content (AvgIpc) is 2.75. The van der Waals surface area contributed by atoms with Gasteiger partial charge in [-0.3, -0.25) is 4.79 Å². The lowest BCUT2D eigenvalue weighted by Crippen LogP contribution is -2.02. The van der Waals surface area contributed by atoms with Crippen LogP contribution in [-0.4, -0.2) is 12.9 Å². The Hall–Kier alpha value is -1.74. The summed E-state index contributed by atoms with van der Waals surface area (Å²) in [5.74, 6) is 0.638. The fourth-order valence-electron chi connectivity index (χ4n) is 1.54. The van der Waals surface area contributed by atoms with Gasteiger partial charge in [0.2, 0.25) is 5.78 Å². The molecule has 2 rings (SSSR count). The number of carbonyl (C=O) groups excluding carboxylic acids is 1. The number of methoxy groups -OCH3 is 1. The first kappa shape index (κ1) is 11.7. The number of aryl methyl sites for hydroxylation is 1. The van der Waals surface area contributed by atoms with Crippen molar-refractivity contribution in [2.24, 2.45) is 0 Å². The van der Waals surface area contributed by atoms with Crippen LogP contribution in [0, 0.1) is 6.92 Å². The minimum absolute atomic E-state index is 0.178. The van der Waals surface area contributed by atoms with Crippen LogP contribution in [-0.2, 0) is 0 Å². The zero-order valence-corrected chi connectivity index (χ0v) is 10.2. The molecule has 0 aliphatic carbocycles. The number of benzene rings is 1. The molecule has 1 aromatic carbocycles. The smallest absolute Gasteiger partial charge is 0.228 e. The molecule has 17 heavy (non-hydrogen) atoms. The molecule has 1 heterocycles. The van der Waals surface area contributed by atoms with Crippen molar-refractivity contribution in [3.8, 4) is 5.75 Å². The Balaban J connectivity index is 2.41. The van der Waals surface area contributed by atoms with E-state index in [0.717, 1.165) is 5.56 Å². The predicted octanol–water partition coefficient (Wildman–Crippen LogP) is 3.48. The fourth-order valence-corrected chi connectivity index (χ4v) is 1.73. The zero-order chi connectivity index (χ0) is 12.4. The minimum Gasteiger partial charge on any atom is -0.495 e. The molecule has 0 aliphatic rings. The van der Waals surface area contributed by atoms with Gasteiger partial charge in [-0.1, -0.05) is 11.6 Å². The number of ketones is 1. The summed E-state index contributed by atoms with van der Waals surface area (Å²) in [5, 5.41) is 0.472. The van der Waals surface area contributed by atoms with Crippen molar-refractivity contribution in [2.75, 3.05) is 7.11 Å². The predicted molar refractivity (Wildman–Crippen MR) is 64.9 cm³/mol. The van der Waals surface area contributed by atoms with Crippen LogP contribution in [0.15, 0.2) is 34.9 Å². The van der Waals surface area contributed by atoms with Crippen molar-refractivity contribution in [3.05, 3.63) is 52.4 Å². The van der Waals surface area contributed by atoms with E-state index >= 15 is 0 Å². The van der Waals surface area contributed by atoms with Crippen LogP contribution in [0.1, 0.15) is 21.7 Å². The Morgan fingerprint density at radius 3 is 2.71 bits per heavy atom. The first-order valence-electron chi connectivity index (χ1n) is 5.06. The third-order valence-electron chi connectivity index (χ3n) is 2.48. The molecule has 0 N–H and O–H groups in total. The number of halogens is 1. The van der Waals surface area contributed by atoms with Gasteiger partial charge in [-0.15, -0.1) is 0 Å². The molecule has 0 saturated heterocycles. The van der Waals surface area contributed by atoms with Gasteiger partial charge in [0.1, 0.15) is 5.75 Å². The molecule has 2 aromatic rings. The fraction of sp³-hybridized carbons (Fsp3) is 0.154. The molecule has 0 bridgehead atoms. The van der Waals surface area contributed by atoms with E-state index in [1.165, 1.54) is 13.4 Å². The Kier molecular flexibility index (Phi) is 3.20. The third kappa shape index (κ3) is 2.19.